The summed E-state index contributed by atoms with van der Waals surface area (Å²) < 4.78 is 0. The fraction of sp³-hybridized carbons (Fsp3) is 0.200. The maximum Gasteiger partial charge on any atom is 0.221 e. The Kier molecular flexibility index (Phi) is 2.94. The number of anilines is 1. The van der Waals surface area contributed by atoms with Crippen LogP contribution in [0.2, 0.25) is 0 Å². The van der Waals surface area contributed by atoms with Crippen LogP contribution in [0.15, 0.2) is 6.07 Å². The zero-order chi connectivity index (χ0) is 11.6. The van der Waals surface area contributed by atoms with Crippen molar-refractivity contribution in [2.45, 2.75) is 13.8 Å². The quantitative estimate of drug-likeness (QED) is 0.504. The van der Waals surface area contributed by atoms with Gasteiger partial charge in [0.05, 0.1) is 5.56 Å². The average molecular weight is 209 g/mol. The van der Waals surface area contributed by atoms with E-state index in [9.17, 15) is 19.8 Å². The Morgan fingerprint density at radius 3 is 2.53 bits per heavy atom. The minimum absolute atomic E-state index is 0.0524. The third kappa shape index (κ3) is 2.07. The SMILES string of the molecule is CC(=O)Nc1c(O)cc(C)c(C=O)c1O. The van der Waals surface area contributed by atoms with Crippen LogP contribution in [0, 0.1) is 6.92 Å². The molecule has 0 atom stereocenters. The summed E-state index contributed by atoms with van der Waals surface area (Å²) in [6.07, 6.45) is 0.468. The molecule has 0 aliphatic heterocycles. The van der Waals surface area contributed by atoms with E-state index in [0.717, 1.165) is 0 Å². The molecule has 0 fully saturated rings. The summed E-state index contributed by atoms with van der Waals surface area (Å²) in [6, 6.07) is 1.30. The molecule has 5 nitrogen and oxygen atoms in total. The first-order valence-corrected chi connectivity index (χ1v) is 4.25. The number of rotatable bonds is 2. The second-order valence-corrected chi connectivity index (χ2v) is 3.15. The lowest BCUT2D eigenvalue weighted by Gasteiger charge is -2.11. The summed E-state index contributed by atoms with van der Waals surface area (Å²) in [5.41, 5.74) is 0.348. The van der Waals surface area contributed by atoms with Crippen molar-refractivity contribution in [3.8, 4) is 11.5 Å². The molecule has 0 radical (unpaired) electrons. The number of carbonyl (C=O) groups is 2. The van der Waals surface area contributed by atoms with Gasteiger partial charge in [-0.3, -0.25) is 9.59 Å². The van der Waals surface area contributed by atoms with E-state index in [4.69, 9.17) is 0 Å². The van der Waals surface area contributed by atoms with Crippen molar-refractivity contribution in [2.75, 3.05) is 5.32 Å². The van der Waals surface area contributed by atoms with Crippen molar-refractivity contribution in [3.63, 3.8) is 0 Å². The minimum Gasteiger partial charge on any atom is -0.506 e. The Hall–Kier alpha value is -2.04. The number of nitrogens with one attached hydrogen (secondary N) is 1. The Labute approximate surface area is 86.4 Å². The number of aromatic hydroxyl groups is 2. The predicted molar refractivity (Wildman–Crippen MR) is 54.2 cm³/mol. The first kappa shape index (κ1) is 11.0. The summed E-state index contributed by atoms with van der Waals surface area (Å²) in [6.45, 7) is 2.81. The normalized spacial score (nSPS) is 9.73. The van der Waals surface area contributed by atoms with E-state index in [0.29, 0.717) is 11.8 Å². The number of hydrogen-bond acceptors (Lipinski definition) is 4. The van der Waals surface area contributed by atoms with Crippen molar-refractivity contribution in [1.29, 1.82) is 0 Å². The van der Waals surface area contributed by atoms with Crippen molar-refractivity contribution >= 4 is 17.9 Å². The third-order valence-corrected chi connectivity index (χ3v) is 1.95. The van der Waals surface area contributed by atoms with E-state index >= 15 is 0 Å². The van der Waals surface area contributed by atoms with E-state index in [1.165, 1.54) is 13.0 Å². The lowest BCUT2D eigenvalue weighted by molar-refractivity contribution is -0.114. The highest BCUT2D eigenvalue weighted by Gasteiger charge is 2.15. The lowest BCUT2D eigenvalue weighted by atomic mass is 10.1. The highest BCUT2D eigenvalue weighted by Crippen LogP contribution is 2.37. The van der Waals surface area contributed by atoms with Gasteiger partial charge in [-0.15, -0.1) is 0 Å². The molecule has 0 saturated heterocycles. The lowest BCUT2D eigenvalue weighted by Crippen LogP contribution is -2.07. The molecule has 1 aromatic carbocycles. The van der Waals surface area contributed by atoms with E-state index < -0.39 is 11.7 Å². The van der Waals surface area contributed by atoms with Crippen LogP contribution in [0.5, 0.6) is 11.5 Å². The third-order valence-electron chi connectivity index (χ3n) is 1.95. The van der Waals surface area contributed by atoms with Crippen molar-refractivity contribution in [2.24, 2.45) is 0 Å². The Morgan fingerprint density at radius 2 is 2.07 bits per heavy atom. The molecule has 0 aliphatic carbocycles. The van der Waals surface area contributed by atoms with Crippen LogP contribution >= 0.6 is 0 Å². The van der Waals surface area contributed by atoms with E-state index in [2.05, 4.69) is 5.32 Å². The van der Waals surface area contributed by atoms with Gasteiger partial charge in [-0.25, -0.2) is 0 Å². The Balaban J connectivity index is 3.38. The van der Waals surface area contributed by atoms with E-state index in [1.807, 2.05) is 0 Å². The van der Waals surface area contributed by atoms with Crippen LogP contribution in [0.25, 0.3) is 0 Å². The van der Waals surface area contributed by atoms with Gasteiger partial charge in [0.15, 0.2) is 12.0 Å². The van der Waals surface area contributed by atoms with Gasteiger partial charge in [0.1, 0.15) is 11.4 Å². The van der Waals surface area contributed by atoms with Gasteiger partial charge in [0, 0.05) is 6.92 Å². The molecule has 5 heteroatoms. The monoisotopic (exact) mass is 209 g/mol. The summed E-state index contributed by atoms with van der Waals surface area (Å²) in [5.74, 6) is -1.13. The van der Waals surface area contributed by atoms with Crippen LogP contribution in [0.1, 0.15) is 22.8 Å². The number of aryl methyl sites for hydroxylation is 1. The van der Waals surface area contributed by atoms with Crippen LogP contribution in [-0.4, -0.2) is 22.4 Å². The Morgan fingerprint density at radius 1 is 1.47 bits per heavy atom. The zero-order valence-corrected chi connectivity index (χ0v) is 8.37. The second kappa shape index (κ2) is 4.00. The first-order chi connectivity index (χ1) is 6.97. The second-order valence-electron chi connectivity index (χ2n) is 3.15. The fourth-order valence-corrected chi connectivity index (χ4v) is 1.25. The molecular formula is C10H11NO4. The van der Waals surface area contributed by atoms with Gasteiger partial charge in [0.2, 0.25) is 5.91 Å². The van der Waals surface area contributed by atoms with Crippen LogP contribution in [0.4, 0.5) is 5.69 Å². The molecule has 1 rings (SSSR count). The minimum atomic E-state index is -0.443. The van der Waals surface area contributed by atoms with Crippen LogP contribution in [-0.2, 0) is 4.79 Å². The summed E-state index contributed by atoms with van der Waals surface area (Å²) in [5, 5.41) is 21.3. The summed E-state index contributed by atoms with van der Waals surface area (Å²) in [7, 11) is 0. The molecule has 0 bridgehead atoms. The van der Waals surface area contributed by atoms with Crippen molar-refractivity contribution < 1.29 is 19.8 Å². The highest BCUT2D eigenvalue weighted by atomic mass is 16.3. The molecule has 0 heterocycles. The number of phenols is 2. The molecule has 3 N–H and O–H groups in total. The number of aldehydes is 1. The topological polar surface area (TPSA) is 86.6 Å². The maximum atomic E-state index is 10.8. The molecule has 0 saturated carbocycles. The average Bonchev–Trinajstić information content (AvgIpc) is 2.12. The summed E-state index contributed by atoms with van der Waals surface area (Å²) in [4.78, 5) is 21.4. The van der Waals surface area contributed by atoms with Gasteiger partial charge in [-0.1, -0.05) is 0 Å². The Bertz CT molecular complexity index is 426. The van der Waals surface area contributed by atoms with Crippen LogP contribution < -0.4 is 5.32 Å². The number of benzene rings is 1. The molecule has 1 amide bonds. The molecular weight excluding hydrogens is 198 g/mol. The zero-order valence-electron chi connectivity index (χ0n) is 8.37. The van der Waals surface area contributed by atoms with Gasteiger partial charge in [-0.05, 0) is 18.6 Å². The van der Waals surface area contributed by atoms with Crippen molar-refractivity contribution in [1.82, 2.24) is 0 Å². The highest BCUT2D eigenvalue weighted by molar-refractivity contribution is 5.96. The standard InChI is InChI=1S/C10H11NO4/c1-5-3-8(14)9(11-6(2)13)10(15)7(5)4-12/h3-4,14-15H,1-2H3,(H,11,13). The number of hydrogen-bond donors (Lipinski definition) is 3. The largest absolute Gasteiger partial charge is 0.506 e. The number of amides is 1. The van der Waals surface area contributed by atoms with Crippen molar-refractivity contribution in [3.05, 3.63) is 17.2 Å². The van der Waals surface area contributed by atoms with E-state index in [-0.39, 0.29) is 17.0 Å². The number of carbonyl (C=O) groups excluding carboxylic acids is 2. The molecule has 0 aliphatic rings. The molecule has 1 aromatic rings. The van der Waals surface area contributed by atoms with Gasteiger partial charge in [0.25, 0.3) is 0 Å². The summed E-state index contributed by atoms with van der Waals surface area (Å²) >= 11 is 0. The molecule has 0 unspecified atom stereocenters. The first-order valence-electron chi connectivity index (χ1n) is 4.25. The fourth-order valence-electron chi connectivity index (χ4n) is 1.25. The molecule has 0 spiro atoms. The van der Waals surface area contributed by atoms with Crippen LogP contribution in [0.3, 0.4) is 0 Å². The molecule has 80 valence electrons. The van der Waals surface area contributed by atoms with Gasteiger partial charge in [-0.2, -0.15) is 0 Å². The van der Waals surface area contributed by atoms with E-state index in [1.54, 1.807) is 6.92 Å². The molecule has 0 aromatic heterocycles. The maximum absolute atomic E-state index is 10.8. The predicted octanol–water partition coefficient (Wildman–Crippen LogP) is 1.18. The molecule has 15 heavy (non-hydrogen) atoms. The smallest absolute Gasteiger partial charge is 0.221 e. The van der Waals surface area contributed by atoms with Gasteiger partial charge >= 0.3 is 0 Å². The van der Waals surface area contributed by atoms with Gasteiger partial charge < -0.3 is 15.5 Å². The number of phenolic OH excluding ortho intramolecular Hbond substituents is 2.